The summed E-state index contributed by atoms with van der Waals surface area (Å²) in [4.78, 5) is 4.31. The third-order valence-electron chi connectivity index (χ3n) is 3.33. The van der Waals surface area contributed by atoms with Crippen LogP contribution in [-0.2, 0) is 13.7 Å². The number of halogens is 1. The number of aromatic nitrogens is 2. The summed E-state index contributed by atoms with van der Waals surface area (Å²) in [5.74, 6) is 0.875. The predicted molar refractivity (Wildman–Crippen MR) is 92.1 cm³/mol. The Labute approximate surface area is 137 Å². The van der Waals surface area contributed by atoms with Crippen LogP contribution in [0, 0.1) is 3.83 Å². The van der Waals surface area contributed by atoms with Crippen LogP contribution in [0.4, 0.5) is 0 Å². The summed E-state index contributed by atoms with van der Waals surface area (Å²) in [6, 6.07) is 18.3. The molecular formula is C17H15IN2O. The summed E-state index contributed by atoms with van der Waals surface area (Å²) in [6.45, 7) is 0.587. The van der Waals surface area contributed by atoms with E-state index in [2.05, 4.69) is 56.4 Å². The van der Waals surface area contributed by atoms with Gasteiger partial charge in [-0.25, -0.2) is 4.98 Å². The smallest absolute Gasteiger partial charge is 0.171 e. The third kappa shape index (κ3) is 3.26. The standard InChI is InChI=1S/C17H15IN2O/c1-20-16(11-19-17(20)18)14-7-9-15(10-8-14)21-12-13-5-3-2-4-6-13/h2-11H,12H2,1H3. The lowest BCUT2D eigenvalue weighted by Crippen LogP contribution is -1.96. The number of ether oxygens (including phenoxy) is 1. The maximum atomic E-state index is 5.79. The molecule has 0 amide bonds. The van der Waals surface area contributed by atoms with Crippen molar-refractivity contribution in [2.45, 2.75) is 6.61 Å². The molecule has 0 radical (unpaired) electrons. The molecule has 3 nitrogen and oxygen atoms in total. The molecule has 0 unspecified atom stereocenters. The highest BCUT2D eigenvalue weighted by Crippen LogP contribution is 2.23. The Bertz CT molecular complexity index is 720. The molecular weight excluding hydrogens is 375 g/mol. The topological polar surface area (TPSA) is 27.1 Å². The summed E-state index contributed by atoms with van der Waals surface area (Å²) in [5.41, 5.74) is 3.41. The third-order valence-corrected chi connectivity index (χ3v) is 4.33. The van der Waals surface area contributed by atoms with Crippen LogP contribution in [-0.4, -0.2) is 9.55 Å². The second-order valence-corrected chi connectivity index (χ2v) is 5.74. The first kappa shape index (κ1) is 14.1. The molecule has 0 saturated heterocycles. The van der Waals surface area contributed by atoms with Crippen molar-refractivity contribution in [1.82, 2.24) is 9.55 Å². The van der Waals surface area contributed by atoms with Crippen molar-refractivity contribution in [2.24, 2.45) is 7.05 Å². The van der Waals surface area contributed by atoms with Crippen LogP contribution in [0.5, 0.6) is 5.75 Å². The van der Waals surface area contributed by atoms with Gasteiger partial charge in [0.1, 0.15) is 12.4 Å². The lowest BCUT2D eigenvalue weighted by atomic mass is 10.1. The molecule has 0 saturated carbocycles. The minimum Gasteiger partial charge on any atom is -0.489 e. The van der Waals surface area contributed by atoms with Crippen LogP contribution >= 0.6 is 22.6 Å². The van der Waals surface area contributed by atoms with E-state index in [9.17, 15) is 0 Å². The summed E-state index contributed by atoms with van der Waals surface area (Å²) < 4.78 is 8.84. The Morgan fingerprint density at radius 3 is 2.38 bits per heavy atom. The highest BCUT2D eigenvalue weighted by molar-refractivity contribution is 14.1. The molecule has 0 spiro atoms. The zero-order valence-corrected chi connectivity index (χ0v) is 13.8. The fourth-order valence-electron chi connectivity index (χ4n) is 2.12. The van der Waals surface area contributed by atoms with Crippen molar-refractivity contribution in [3.63, 3.8) is 0 Å². The van der Waals surface area contributed by atoms with Crippen molar-refractivity contribution in [1.29, 1.82) is 0 Å². The van der Waals surface area contributed by atoms with Gasteiger partial charge in [-0.3, -0.25) is 0 Å². The monoisotopic (exact) mass is 390 g/mol. The van der Waals surface area contributed by atoms with Crippen molar-refractivity contribution in [3.05, 3.63) is 70.2 Å². The molecule has 3 aromatic rings. The van der Waals surface area contributed by atoms with Gasteiger partial charge in [-0.1, -0.05) is 30.3 Å². The second-order valence-electron chi connectivity index (χ2n) is 4.77. The molecule has 0 atom stereocenters. The van der Waals surface area contributed by atoms with Gasteiger partial charge in [0.25, 0.3) is 0 Å². The van der Waals surface area contributed by atoms with Gasteiger partial charge in [0.05, 0.1) is 11.9 Å². The predicted octanol–water partition coefficient (Wildman–Crippen LogP) is 4.27. The van der Waals surface area contributed by atoms with Crippen LogP contribution < -0.4 is 4.74 Å². The zero-order chi connectivity index (χ0) is 14.7. The van der Waals surface area contributed by atoms with Crippen LogP contribution in [0.15, 0.2) is 60.8 Å². The quantitative estimate of drug-likeness (QED) is 0.623. The molecule has 0 bridgehead atoms. The molecule has 1 aromatic heterocycles. The van der Waals surface area contributed by atoms with Crippen molar-refractivity contribution in [3.8, 4) is 17.0 Å². The molecule has 0 aliphatic heterocycles. The average Bonchev–Trinajstić information content (AvgIpc) is 2.87. The van der Waals surface area contributed by atoms with E-state index < -0.39 is 0 Å². The van der Waals surface area contributed by atoms with E-state index in [4.69, 9.17) is 4.74 Å². The second kappa shape index (κ2) is 6.30. The van der Waals surface area contributed by atoms with E-state index >= 15 is 0 Å². The Kier molecular flexibility index (Phi) is 4.24. The van der Waals surface area contributed by atoms with E-state index in [0.29, 0.717) is 6.61 Å². The number of imidazole rings is 1. The van der Waals surface area contributed by atoms with Gasteiger partial charge >= 0.3 is 0 Å². The summed E-state index contributed by atoms with van der Waals surface area (Å²) in [6.07, 6.45) is 1.89. The number of hydrogen-bond acceptors (Lipinski definition) is 2. The molecule has 0 aliphatic rings. The first-order valence-corrected chi connectivity index (χ1v) is 7.76. The van der Waals surface area contributed by atoms with Gasteiger partial charge in [-0.05, 0) is 52.4 Å². The Balaban J connectivity index is 1.71. The average molecular weight is 390 g/mol. The van der Waals surface area contributed by atoms with E-state index in [0.717, 1.165) is 20.8 Å². The first-order chi connectivity index (χ1) is 10.2. The summed E-state index contributed by atoms with van der Waals surface area (Å²) in [5, 5.41) is 0. The maximum absolute atomic E-state index is 5.79. The Morgan fingerprint density at radius 1 is 1.05 bits per heavy atom. The van der Waals surface area contributed by atoms with Gasteiger partial charge in [0, 0.05) is 12.6 Å². The van der Waals surface area contributed by atoms with Crippen molar-refractivity contribution < 1.29 is 4.74 Å². The zero-order valence-electron chi connectivity index (χ0n) is 11.7. The molecule has 0 aliphatic carbocycles. The normalized spacial score (nSPS) is 10.6. The maximum Gasteiger partial charge on any atom is 0.171 e. The largest absolute Gasteiger partial charge is 0.489 e. The van der Waals surface area contributed by atoms with Crippen molar-refractivity contribution in [2.75, 3.05) is 0 Å². The lowest BCUT2D eigenvalue weighted by Gasteiger charge is -2.08. The first-order valence-electron chi connectivity index (χ1n) is 6.68. The van der Waals surface area contributed by atoms with Gasteiger partial charge < -0.3 is 9.30 Å². The fraction of sp³-hybridized carbons (Fsp3) is 0.118. The van der Waals surface area contributed by atoms with Crippen LogP contribution in [0.25, 0.3) is 11.3 Å². The van der Waals surface area contributed by atoms with Gasteiger partial charge in [0.2, 0.25) is 0 Å². The molecule has 1 heterocycles. The molecule has 3 rings (SSSR count). The van der Waals surface area contributed by atoms with Crippen LogP contribution in [0.1, 0.15) is 5.56 Å². The molecule has 0 fully saturated rings. The van der Waals surface area contributed by atoms with Crippen molar-refractivity contribution >= 4 is 22.6 Å². The lowest BCUT2D eigenvalue weighted by molar-refractivity contribution is 0.306. The van der Waals surface area contributed by atoms with Gasteiger partial charge in [-0.15, -0.1) is 0 Å². The Morgan fingerprint density at radius 2 is 1.76 bits per heavy atom. The Hall–Kier alpha value is -1.82. The SMILES string of the molecule is Cn1c(-c2ccc(OCc3ccccc3)cc2)cnc1I. The highest BCUT2D eigenvalue weighted by Gasteiger charge is 2.06. The molecule has 2 aromatic carbocycles. The van der Waals surface area contributed by atoms with E-state index in [1.165, 1.54) is 5.56 Å². The van der Waals surface area contributed by atoms with Crippen LogP contribution in [0.3, 0.4) is 0 Å². The molecule has 21 heavy (non-hydrogen) atoms. The van der Waals surface area contributed by atoms with E-state index in [1.807, 2.05) is 43.6 Å². The van der Waals surface area contributed by atoms with Crippen LogP contribution in [0.2, 0.25) is 0 Å². The number of rotatable bonds is 4. The number of nitrogens with zero attached hydrogens (tertiary/aromatic N) is 2. The fourth-order valence-corrected chi connectivity index (χ4v) is 2.52. The molecule has 0 N–H and O–H groups in total. The van der Waals surface area contributed by atoms with E-state index in [1.54, 1.807) is 0 Å². The minimum atomic E-state index is 0.587. The van der Waals surface area contributed by atoms with Gasteiger partial charge in [0.15, 0.2) is 3.83 Å². The summed E-state index contributed by atoms with van der Waals surface area (Å²) >= 11 is 2.23. The van der Waals surface area contributed by atoms with Gasteiger partial charge in [-0.2, -0.15) is 0 Å². The molecule has 4 heteroatoms. The minimum absolute atomic E-state index is 0.587. The van der Waals surface area contributed by atoms with E-state index in [-0.39, 0.29) is 0 Å². The number of benzene rings is 2. The number of hydrogen-bond donors (Lipinski definition) is 0. The highest BCUT2D eigenvalue weighted by atomic mass is 127. The molecule has 106 valence electrons. The summed E-state index contributed by atoms with van der Waals surface area (Å²) in [7, 11) is 2.02.